The van der Waals surface area contributed by atoms with E-state index in [9.17, 15) is 57.5 Å². The van der Waals surface area contributed by atoms with Crippen molar-refractivity contribution >= 4 is 108 Å². The van der Waals surface area contributed by atoms with Crippen molar-refractivity contribution in [2.45, 2.75) is 19.6 Å². The second-order valence-corrected chi connectivity index (χ2v) is 18.6. The SMILES string of the molecule is CS(=O)(=O)c1ccc(/N=N/c2c(S(=O)(=O)O)cc3ccc(N)cc3c2O)cc1/C=C/c1ccc(/N=N/c2c(S(=O)(=O)O)cc3ccc(N)cc3c2O)cc1S(=O)(=O)O. The van der Waals surface area contributed by atoms with Crippen LogP contribution in [0, 0.1) is 0 Å². The number of phenolic OH excluding ortho intramolecular Hbond substituents is 2. The summed E-state index contributed by atoms with van der Waals surface area (Å²) in [6, 6.07) is 17.0. The Kier molecular flexibility index (Phi) is 10.6. The molecule has 0 unspecified atom stereocenters. The smallest absolute Gasteiger partial charge is 0.296 e. The topological polar surface area (TPSA) is 339 Å². The van der Waals surface area contributed by atoms with Gasteiger partial charge in [-0.1, -0.05) is 30.4 Å². The molecular weight excluding hydrogens is 841 g/mol. The zero-order chi connectivity index (χ0) is 42.5. The first-order chi connectivity index (χ1) is 26.9. The zero-order valence-electron chi connectivity index (χ0n) is 29.3. The van der Waals surface area contributed by atoms with E-state index in [0.717, 1.165) is 48.7 Å². The van der Waals surface area contributed by atoms with Crippen molar-refractivity contribution in [2.75, 3.05) is 17.7 Å². The highest BCUT2D eigenvalue weighted by Crippen LogP contribution is 2.43. The van der Waals surface area contributed by atoms with Gasteiger partial charge in [-0.3, -0.25) is 13.7 Å². The van der Waals surface area contributed by atoms with Crippen LogP contribution in [0.3, 0.4) is 0 Å². The second kappa shape index (κ2) is 14.9. The van der Waals surface area contributed by atoms with E-state index < -0.39 is 77.8 Å². The molecule has 0 saturated carbocycles. The van der Waals surface area contributed by atoms with Crippen LogP contribution in [0.2, 0.25) is 0 Å². The van der Waals surface area contributed by atoms with Gasteiger partial charge in [0.2, 0.25) is 0 Å². The van der Waals surface area contributed by atoms with E-state index in [-0.39, 0.29) is 60.3 Å². The molecule has 0 aliphatic heterocycles. The van der Waals surface area contributed by atoms with E-state index in [1.165, 1.54) is 54.6 Å². The maximum absolute atomic E-state index is 12.7. The fraction of sp³-hybridized carbons (Fsp3) is 0.0286. The molecule has 0 aliphatic carbocycles. The van der Waals surface area contributed by atoms with Gasteiger partial charge in [0, 0.05) is 28.4 Å². The number of rotatable bonds is 10. The van der Waals surface area contributed by atoms with Crippen molar-refractivity contribution in [3.63, 3.8) is 0 Å². The summed E-state index contributed by atoms with van der Waals surface area (Å²) >= 11 is 0. The van der Waals surface area contributed by atoms with Crippen LogP contribution >= 0.6 is 0 Å². The normalized spacial score (nSPS) is 13.1. The molecule has 0 bridgehead atoms. The molecule has 6 aromatic rings. The second-order valence-electron chi connectivity index (χ2n) is 12.5. The third-order valence-corrected chi connectivity index (χ3v) is 12.2. The lowest BCUT2D eigenvalue weighted by Crippen LogP contribution is -2.01. The number of azo groups is 2. The van der Waals surface area contributed by atoms with E-state index in [1.54, 1.807) is 0 Å². The molecule has 0 heterocycles. The number of benzene rings is 6. The predicted octanol–water partition coefficient (Wildman–Crippen LogP) is 6.71. The van der Waals surface area contributed by atoms with E-state index >= 15 is 0 Å². The molecule has 0 amide bonds. The van der Waals surface area contributed by atoms with Gasteiger partial charge in [-0.05, 0) is 88.6 Å². The monoisotopic (exact) mass is 868 g/mol. The number of hydrogen-bond acceptors (Lipinski definition) is 16. The third-order valence-electron chi connectivity index (χ3n) is 8.35. The van der Waals surface area contributed by atoms with E-state index in [4.69, 9.17) is 11.5 Å². The van der Waals surface area contributed by atoms with Crippen molar-refractivity contribution in [2.24, 2.45) is 20.5 Å². The molecule has 0 aliphatic rings. The van der Waals surface area contributed by atoms with Crippen LogP contribution < -0.4 is 11.5 Å². The first kappa shape index (κ1) is 41.3. The summed E-state index contributed by atoms with van der Waals surface area (Å²) in [4.78, 5) is -2.68. The van der Waals surface area contributed by atoms with Crippen LogP contribution in [0.25, 0.3) is 33.7 Å². The van der Waals surface area contributed by atoms with Gasteiger partial charge < -0.3 is 21.7 Å². The highest BCUT2D eigenvalue weighted by Gasteiger charge is 2.24. The number of nitrogens with two attached hydrogens (primary N) is 2. The molecule has 58 heavy (non-hydrogen) atoms. The number of fused-ring (bicyclic) bond motifs is 2. The number of hydrogen-bond donors (Lipinski definition) is 7. The van der Waals surface area contributed by atoms with Crippen LogP contribution in [0.1, 0.15) is 11.1 Å². The molecule has 0 aromatic heterocycles. The Labute approximate surface area is 329 Å². The minimum absolute atomic E-state index is 0.0553. The van der Waals surface area contributed by atoms with Gasteiger partial charge in [-0.25, -0.2) is 8.42 Å². The Morgan fingerprint density at radius 1 is 0.483 bits per heavy atom. The maximum atomic E-state index is 12.7. The van der Waals surface area contributed by atoms with Crippen LogP contribution in [-0.2, 0) is 40.2 Å². The number of nitrogens with zero attached hydrogens (tertiary/aromatic N) is 4. The van der Waals surface area contributed by atoms with Crippen molar-refractivity contribution in [3.05, 3.63) is 96.1 Å². The van der Waals surface area contributed by atoms with Crippen LogP contribution in [0.5, 0.6) is 11.5 Å². The Morgan fingerprint density at radius 2 is 0.914 bits per heavy atom. The van der Waals surface area contributed by atoms with Gasteiger partial charge in [-0.2, -0.15) is 35.5 Å². The number of nitrogen functional groups attached to an aromatic ring is 2. The molecule has 19 nitrogen and oxygen atoms in total. The van der Waals surface area contributed by atoms with Gasteiger partial charge in [-0.15, -0.1) is 10.2 Å². The minimum atomic E-state index is -5.05. The summed E-state index contributed by atoms with van der Waals surface area (Å²) in [6.45, 7) is 0. The van der Waals surface area contributed by atoms with Crippen molar-refractivity contribution < 1.29 is 57.5 Å². The van der Waals surface area contributed by atoms with Gasteiger partial charge >= 0.3 is 0 Å². The molecule has 23 heteroatoms. The van der Waals surface area contributed by atoms with E-state index in [0.29, 0.717) is 0 Å². The Morgan fingerprint density at radius 3 is 1.36 bits per heavy atom. The summed E-state index contributed by atoms with van der Waals surface area (Å²) in [6.07, 6.45) is 3.15. The van der Waals surface area contributed by atoms with Gasteiger partial charge in [0.05, 0.1) is 16.3 Å². The number of anilines is 2. The average Bonchev–Trinajstić information content (AvgIpc) is 3.12. The highest BCUT2D eigenvalue weighted by atomic mass is 32.2. The Hall–Kier alpha value is -6.34. The Balaban J connectivity index is 1.41. The molecule has 6 aromatic carbocycles. The van der Waals surface area contributed by atoms with Gasteiger partial charge in [0.1, 0.15) is 26.1 Å². The van der Waals surface area contributed by atoms with Crippen LogP contribution in [0.4, 0.5) is 34.1 Å². The first-order valence-corrected chi connectivity index (χ1v) is 22.2. The fourth-order valence-corrected chi connectivity index (χ4v) is 8.60. The molecule has 0 atom stereocenters. The summed E-state index contributed by atoms with van der Waals surface area (Å²) in [5, 5.41) is 37.6. The molecule has 9 N–H and O–H groups in total. The number of aromatic hydroxyl groups is 2. The molecule has 6 rings (SSSR count). The first-order valence-electron chi connectivity index (χ1n) is 15.9. The lowest BCUT2D eigenvalue weighted by molar-refractivity contribution is 0.471. The number of sulfone groups is 1. The minimum Gasteiger partial charge on any atom is -0.505 e. The lowest BCUT2D eigenvalue weighted by atomic mass is 10.1. The Bertz CT molecular complexity index is 3280. The molecule has 300 valence electrons. The molecular formula is C35H28N6O13S4. The standard InChI is InChI=1S/C35H28N6O13S4/c1-55(44,45)28-11-10-24(38-40-32-30(57(49,50)51)13-19-4-7-22(36)15-26(19)34(32)42)12-21(28)3-2-18-6-9-25(17-29(18)56(46,47)48)39-41-33-31(58(52,53)54)14-20-5-8-23(37)16-27(20)35(33)43/h2-17,42-43H,36-37H2,1H3,(H,46,47,48)(H,49,50,51)(H,52,53,54)/b3-2+,40-38+,41-39+. The summed E-state index contributed by atoms with van der Waals surface area (Å²) < 4.78 is 129. The lowest BCUT2D eigenvalue weighted by Gasteiger charge is -2.10. The summed E-state index contributed by atoms with van der Waals surface area (Å²) in [7, 11) is -19.0. The van der Waals surface area contributed by atoms with E-state index in [2.05, 4.69) is 20.5 Å². The molecule has 0 fully saturated rings. The summed E-state index contributed by atoms with van der Waals surface area (Å²) in [5.41, 5.74) is 9.94. The maximum Gasteiger partial charge on any atom is 0.296 e. The van der Waals surface area contributed by atoms with Crippen molar-refractivity contribution in [1.82, 2.24) is 0 Å². The van der Waals surface area contributed by atoms with Crippen molar-refractivity contribution in [3.8, 4) is 11.5 Å². The summed E-state index contributed by atoms with van der Waals surface area (Å²) in [5.74, 6) is -1.41. The highest BCUT2D eigenvalue weighted by molar-refractivity contribution is 7.90. The van der Waals surface area contributed by atoms with Gasteiger partial charge in [0.25, 0.3) is 30.4 Å². The fourth-order valence-electron chi connectivity index (χ4n) is 5.71. The molecule has 0 saturated heterocycles. The van der Waals surface area contributed by atoms with Crippen LogP contribution in [0.15, 0.2) is 125 Å². The van der Waals surface area contributed by atoms with Crippen molar-refractivity contribution in [1.29, 1.82) is 0 Å². The third kappa shape index (κ3) is 8.64. The largest absolute Gasteiger partial charge is 0.505 e. The van der Waals surface area contributed by atoms with E-state index in [1.807, 2.05) is 0 Å². The zero-order valence-corrected chi connectivity index (χ0v) is 32.6. The van der Waals surface area contributed by atoms with Crippen LogP contribution in [-0.4, -0.2) is 63.8 Å². The van der Waals surface area contributed by atoms with Gasteiger partial charge in [0.15, 0.2) is 21.3 Å². The molecule has 0 spiro atoms. The number of phenols is 2. The predicted molar refractivity (Wildman–Crippen MR) is 213 cm³/mol. The average molecular weight is 869 g/mol. The quantitative estimate of drug-likeness (QED) is 0.0325. The molecule has 0 radical (unpaired) electrons.